The third kappa shape index (κ3) is 23.7. The van der Waals surface area contributed by atoms with Gasteiger partial charge in [0, 0.05) is 63.6 Å². The number of likely N-dealkylation sites (N-methyl/N-ethyl adjacent to an activating group) is 4. The zero-order valence-electron chi connectivity index (χ0n) is 56.1. The number of quaternary nitrogens is 4. The normalized spacial score (nSPS) is 22.2. The number of nitrogens with zero attached hydrogens (tertiary/aromatic N) is 6. The molecule has 0 saturated carbocycles. The van der Waals surface area contributed by atoms with Gasteiger partial charge < -0.3 is 73.3 Å². The van der Waals surface area contributed by atoms with Crippen LogP contribution < -0.4 is 46.8 Å². The van der Waals surface area contributed by atoms with Crippen molar-refractivity contribution in [2.24, 2.45) is 7.05 Å². The number of aromatic amines is 1. The number of fused-ring (bicyclic) bond motifs is 8. The summed E-state index contributed by atoms with van der Waals surface area (Å²) in [5.41, 5.74) is 0.713. The van der Waals surface area contributed by atoms with E-state index in [1.165, 1.54) is 32.2 Å². The standard InChI is InChI=1S/C59H90N14O22S3.In/c1-38-26-42(27-39(2)54(38)98(93,94)68-45(58(85)86)30-64-55(82)44-31-69(4)48-28-41(11-12-43(48)53(44)81)29-65-59-62-15-16-63-59)95-25-9-10-49(75)60-13-14-61-56(83)46(36-96(87,88)89)67-57(84)47(37-97(90,91)92)66-50(76)33-71(6)19-23-72(7,34-51(77)78)21-17-70(5,32-40(3)74)18-22-73(8,24-20-71)35-52(79)80;/h11-12,15-16,26-28,31,45-47,68H,3,9-10,13-14,17-25,29-30,32-37H2,1-2,4-8H3,(H13-4,60,61,62,63,64,65,66,67,74,75,76,77,78,79,80,82,83,84,85,86,87,88,89,90,91,92);/q;+3/p+1. The van der Waals surface area contributed by atoms with Crippen LogP contribution in [-0.2, 0) is 65.7 Å². The van der Waals surface area contributed by atoms with Crippen molar-refractivity contribution in [2.75, 3.05) is 150 Å². The molecule has 2 aromatic heterocycles. The predicted octanol–water partition coefficient (Wildman–Crippen LogP) is -1.11. The number of carboxylic acid groups (broad SMARTS) is 1. The van der Waals surface area contributed by atoms with E-state index < -0.39 is 144 Å². The van der Waals surface area contributed by atoms with Gasteiger partial charge in [-0.2, -0.15) is 4.72 Å². The molecule has 5 heterocycles. The van der Waals surface area contributed by atoms with E-state index >= 15 is 0 Å². The maximum atomic E-state index is 14.2. The summed E-state index contributed by atoms with van der Waals surface area (Å²) >= 11 is -4.24. The predicted molar refractivity (Wildman–Crippen MR) is 362 cm³/mol. The zero-order chi connectivity index (χ0) is 73.1. The number of aromatic nitrogens is 3. The summed E-state index contributed by atoms with van der Waals surface area (Å²) in [6.45, 7) is 9.11. The quantitative estimate of drug-likeness (QED) is 0.0237. The Morgan fingerprint density at radius 2 is 1.30 bits per heavy atom. The third-order valence-electron chi connectivity index (χ3n) is 17.4. The van der Waals surface area contributed by atoms with Crippen LogP contribution in [0.2, 0.25) is 0 Å². The van der Waals surface area contributed by atoms with Crippen LogP contribution in [0.15, 0.2) is 71.0 Å². The molecule has 4 bridgehead atoms. The first-order valence-corrected chi connectivity index (χ1v) is 40.3. The Balaban J connectivity index is 0.891. The summed E-state index contributed by atoms with van der Waals surface area (Å²) in [5.74, 6) is -8.85. The van der Waals surface area contributed by atoms with Crippen LogP contribution in [0.3, 0.4) is 0 Å². The van der Waals surface area contributed by atoms with Gasteiger partial charge in [-0.3, -0.25) is 28.8 Å². The molecule has 36 nitrogen and oxygen atoms in total. The molecule has 40 heteroatoms. The molecule has 15 N–H and O–H groups in total. The number of aliphatic carboxylic acids is 1. The number of benzene rings is 2. The molecule has 2 aromatic carbocycles. The number of rotatable bonds is 28. The minimum absolute atomic E-state index is 0.0367. The first-order chi connectivity index (χ1) is 46.1. The summed E-state index contributed by atoms with van der Waals surface area (Å²) in [6.07, 6.45) is 4.55. The molecule has 3 fully saturated rings. The Labute approximate surface area is 584 Å². The molecule has 99 heavy (non-hydrogen) atoms. The summed E-state index contributed by atoms with van der Waals surface area (Å²) in [7, 11) is -4.47. The van der Waals surface area contributed by atoms with E-state index in [0.29, 0.717) is 74.1 Å². The molecule has 3 saturated heterocycles. The third-order valence-corrected chi connectivity index (χ3v) is 24.8. The van der Waals surface area contributed by atoms with Crippen LogP contribution in [0.4, 0.5) is 5.95 Å². The molecule has 0 radical (unpaired) electrons. The Morgan fingerprint density at radius 3 is 1.87 bits per heavy atom. The Kier molecular flexibility index (Phi) is 26.5. The number of pyridine rings is 1. The van der Waals surface area contributed by atoms with Gasteiger partial charge in [-0.15, -0.1) is 0 Å². The van der Waals surface area contributed by atoms with E-state index in [1.54, 1.807) is 49.3 Å². The number of ether oxygens (including phenoxy) is 1. The molecule has 5 unspecified atom stereocenters. The van der Waals surface area contributed by atoms with Gasteiger partial charge in [-0.05, 0) is 61.2 Å². The van der Waals surface area contributed by atoms with E-state index in [1.807, 2.05) is 14.1 Å². The number of nitrogens with one attached hydrogen (secondary N) is 8. The van der Waals surface area contributed by atoms with E-state index in [4.69, 9.17) is 13.3 Å². The number of hydrogen-bond acceptors (Lipinski definition) is 23. The second kappa shape index (κ2) is 33.1. The number of hydrogen-bond donors (Lipinski definition) is 15. The van der Waals surface area contributed by atoms with Crippen molar-refractivity contribution < 1.29 is 110 Å². The van der Waals surface area contributed by atoms with Crippen LogP contribution in [-0.4, -0.2) is 306 Å². The van der Waals surface area contributed by atoms with E-state index in [-0.39, 0.29) is 111 Å². The zero-order valence-corrected chi connectivity index (χ0v) is 61.9. The molecule has 4 aromatic rings. The summed E-state index contributed by atoms with van der Waals surface area (Å²) in [4.78, 5) is 127. The Hall–Kier alpha value is -7.16. The van der Waals surface area contributed by atoms with Crippen LogP contribution in [0.5, 0.6) is 5.75 Å². The summed E-state index contributed by atoms with van der Waals surface area (Å²) in [6, 6.07) is 2.00. The molecule has 5 amide bonds. The van der Waals surface area contributed by atoms with Crippen LogP contribution in [0, 0.1) is 13.8 Å². The van der Waals surface area contributed by atoms with Crippen molar-refractivity contribution >= 4 is 119 Å². The topological polar surface area (TPSA) is 484 Å². The molecule has 7 rings (SSSR count). The second-order valence-electron chi connectivity index (χ2n) is 26.4. The van der Waals surface area contributed by atoms with Crippen LogP contribution in [0.25, 0.3) is 10.9 Å². The van der Waals surface area contributed by atoms with Gasteiger partial charge in [0.25, 0.3) is 5.91 Å². The first-order valence-electron chi connectivity index (χ1n) is 31.4. The SMILES string of the molecule is C=C1C[N+]2(C)CC[N+]3(C)CC[N+](C)(CC(=O)NC(CS(O)(O)O)C(=O)NC(CS(O)(O)O)C(=O)NCCNC(=O)CCCOc4cc(C)c(S(=O)(=O)NC(CNC(=O)c5cn(C)c6cc(CNc7ncc[nH]7)ccc6c5=O)C(=O)O)c(C)c4)CC[N+](C)(CC2)CC(=O)[O][In]([O]1)[O]C(=O)C3. The van der Waals surface area contributed by atoms with Crippen molar-refractivity contribution in [1.82, 2.24) is 45.8 Å². The molecule has 5 atom stereocenters. The van der Waals surface area contributed by atoms with Gasteiger partial charge in [0.15, 0.2) is 5.95 Å². The van der Waals surface area contributed by atoms with Crippen molar-refractivity contribution in [3.63, 3.8) is 0 Å². The molecule has 3 aliphatic heterocycles. The monoisotopic (exact) mass is 1560 g/mol. The number of anilines is 1. The fourth-order valence-electron chi connectivity index (χ4n) is 11.8. The summed E-state index contributed by atoms with van der Waals surface area (Å²) < 4.78 is 116. The maximum absolute atomic E-state index is 14.2. The Morgan fingerprint density at radius 1 is 0.737 bits per heavy atom. The molecular formula is C59H91InN14O22S3+4. The van der Waals surface area contributed by atoms with Crippen molar-refractivity contribution in [3.05, 3.63) is 93.7 Å². The number of carboxylic acids is 1. The Bertz CT molecular complexity index is 3790. The van der Waals surface area contributed by atoms with Gasteiger partial charge in [0.05, 0.1) is 44.5 Å². The van der Waals surface area contributed by atoms with Crippen molar-refractivity contribution in [1.29, 1.82) is 0 Å². The number of imidazole rings is 1. The molecule has 0 spiro atoms. The van der Waals surface area contributed by atoms with Crippen molar-refractivity contribution in [3.8, 4) is 5.75 Å². The number of carbonyl (C=O) groups is 8. The van der Waals surface area contributed by atoms with Gasteiger partial charge in [0.1, 0.15) is 23.4 Å². The molecule has 546 valence electrons. The van der Waals surface area contributed by atoms with E-state index in [2.05, 4.69) is 60.2 Å². The van der Waals surface area contributed by atoms with Crippen molar-refractivity contribution in [2.45, 2.75) is 56.3 Å². The fourth-order valence-corrected chi connectivity index (χ4v) is 17.8. The minimum atomic E-state index is -4.58. The van der Waals surface area contributed by atoms with Gasteiger partial charge in [0.2, 0.25) is 27.3 Å². The second-order valence-corrected chi connectivity index (χ2v) is 34.9. The van der Waals surface area contributed by atoms with E-state index in [0.717, 1.165) is 5.56 Å². The molecule has 0 aliphatic carbocycles. The van der Waals surface area contributed by atoms with Gasteiger partial charge in [-0.25, -0.2) is 13.4 Å². The van der Waals surface area contributed by atoms with E-state index in [9.17, 15) is 84.0 Å². The van der Waals surface area contributed by atoms with Gasteiger partial charge >= 0.3 is 230 Å². The number of sulfonamides is 1. The van der Waals surface area contributed by atoms with Crippen LogP contribution in [0.1, 0.15) is 39.9 Å². The summed E-state index contributed by atoms with van der Waals surface area (Å²) in [5, 5.41) is 25.2. The molecule has 3 aliphatic rings. The average molecular weight is 1560 g/mol. The van der Waals surface area contributed by atoms with Gasteiger partial charge in [-0.1, -0.05) is 6.07 Å². The number of H-pyrrole nitrogens is 1. The number of amides is 5. The average Bonchev–Trinajstić information content (AvgIpc) is 0.966. The fraction of sp³-hybridized carbons (Fsp3) is 0.525. The molecular weight excluding hydrogens is 1470 g/mol. The number of aryl methyl sites for hydroxylation is 3. The first kappa shape index (κ1) is 79.2. The van der Waals surface area contributed by atoms with Crippen LogP contribution >= 0.6 is 21.7 Å². The number of carbonyl (C=O) groups excluding carboxylic acids is 7.